The van der Waals surface area contributed by atoms with Crippen LogP contribution in [0.25, 0.3) is 0 Å². The van der Waals surface area contributed by atoms with E-state index in [2.05, 4.69) is 30.2 Å². The number of fused-ring (bicyclic) bond motifs is 5. The van der Waals surface area contributed by atoms with E-state index >= 15 is 0 Å². The molecule has 7 atom stereocenters. The number of anilines is 2. The van der Waals surface area contributed by atoms with Crippen LogP contribution < -0.4 is 11.1 Å². The van der Waals surface area contributed by atoms with Gasteiger partial charge < -0.3 is 16.0 Å². The summed E-state index contributed by atoms with van der Waals surface area (Å²) in [6.45, 7) is 4.71. The summed E-state index contributed by atoms with van der Waals surface area (Å²) < 4.78 is 0. The summed E-state index contributed by atoms with van der Waals surface area (Å²) >= 11 is 0. The highest BCUT2D eigenvalue weighted by Gasteiger charge is 2.61. The Kier molecular flexibility index (Phi) is 4.68. The zero-order valence-electron chi connectivity index (χ0n) is 18.8. The number of nitrogen functional groups attached to an aromatic ring is 1. The lowest BCUT2D eigenvalue weighted by molar-refractivity contribution is -0.141. The van der Waals surface area contributed by atoms with E-state index in [9.17, 15) is 9.59 Å². The molecule has 2 unspecified atom stereocenters. The van der Waals surface area contributed by atoms with Gasteiger partial charge in [0.05, 0.1) is 5.69 Å². The van der Waals surface area contributed by atoms with Gasteiger partial charge in [-0.1, -0.05) is 19.9 Å². The highest BCUT2D eigenvalue weighted by molar-refractivity contribution is 5.95. The van der Waals surface area contributed by atoms with Gasteiger partial charge in [-0.15, -0.1) is 0 Å². The van der Waals surface area contributed by atoms with Crippen LogP contribution in [0.4, 0.5) is 11.5 Å². The molecule has 2 amide bonds. The predicted octanol–water partition coefficient (Wildman–Crippen LogP) is 3.86. The topological polar surface area (TPSA) is 88.3 Å². The first-order valence-corrected chi connectivity index (χ1v) is 11.7. The third-order valence-electron chi connectivity index (χ3n) is 9.54. The Morgan fingerprint density at radius 3 is 2.77 bits per heavy atom. The van der Waals surface area contributed by atoms with Gasteiger partial charge in [-0.3, -0.25) is 9.59 Å². The molecule has 0 bridgehead atoms. The summed E-state index contributed by atoms with van der Waals surface area (Å²) in [5.74, 6) is 2.35. The molecule has 0 radical (unpaired) electrons. The Hall–Kier alpha value is -2.37. The third kappa shape index (κ3) is 2.94. The Labute approximate surface area is 184 Å². The lowest BCUT2D eigenvalue weighted by Gasteiger charge is -2.60. The van der Waals surface area contributed by atoms with E-state index in [0.717, 1.165) is 38.5 Å². The fourth-order valence-corrected chi connectivity index (χ4v) is 7.91. The van der Waals surface area contributed by atoms with Gasteiger partial charge in [0.2, 0.25) is 11.8 Å². The fourth-order valence-electron chi connectivity index (χ4n) is 7.91. The number of hydrogen-bond acceptors (Lipinski definition) is 4. The molecule has 4 aliphatic rings. The molecule has 3 aliphatic carbocycles. The van der Waals surface area contributed by atoms with Gasteiger partial charge in [-0.25, -0.2) is 4.98 Å². The summed E-state index contributed by atoms with van der Waals surface area (Å²) in [4.78, 5) is 31.6. The number of carbonyl (C=O) groups is 2. The van der Waals surface area contributed by atoms with Crippen molar-refractivity contribution < 1.29 is 9.59 Å². The molecule has 1 aliphatic heterocycles. The molecule has 1 aromatic heterocycles. The van der Waals surface area contributed by atoms with E-state index in [1.54, 1.807) is 18.3 Å². The zero-order chi connectivity index (χ0) is 22.0. The van der Waals surface area contributed by atoms with Gasteiger partial charge in [0.25, 0.3) is 0 Å². The Balaban J connectivity index is 1.38. The lowest BCUT2D eigenvalue weighted by Crippen LogP contribution is -2.59. The quantitative estimate of drug-likeness (QED) is 0.757. The average molecular weight is 423 g/mol. The number of carbonyl (C=O) groups excluding carboxylic acids is 2. The number of rotatable bonds is 2. The van der Waals surface area contributed by atoms with Crippen molar-refractivity contribution >= 4 is 23.3 Å². The van der Waals surface area contributed by atoms with Crippen molar-refractivity contribution in [3.63, 3.8) is 0 Å². The van der Waals surface area contributed by atoms with E-state index in [0.29, 0.717) is 35.3 Å². The van der Waals surface area contributed by atoms with Crippen molar-refractivity contribution in [1.82, 2.24) is 9.88 Å². The van der Waals surface area contributed by atoms with Crippen LogP contribution in [0.3, 0.4) is 0 Å². The second-order valence-electron chi connectivity index (χ2n) is 10.7. The molecule has 5 rings (SSSR count). The van der Waals surface area contributed by atoms with Crippen LogP contribution in [0.5, 0.6) is 0 Å². The van der Waals surface area contributed by atoms with Crippen molar-refractivity contribution in [3.8, 4) is 0 Å². The highest BCUT2D eigenvalue weighted by Crippen LogP contribution is 2.65. The monoisotopic (exact) mass is 422 g/mol. The predicted molar refractivity (Wildman–Crippen MR) is 121 cm³/mol. The normalized spacial score (nSPS) is 41.3. The Morgan fingerprint density at radius 2 is 2.00 bits per heavy atom. The minimum absolute atomic E-state index is 0.00901. The molecule has 0 spiro atoms. The van der Waals surface area contributed by atoms with Crippen molar-refractivity contribution in [2.45, 2.75) is 58.4 Å². The minimum atomic E-state index is 0.00901. The van der Waals surface area contributed by atoms with Gasteiger partial charge in [-0.05, 0) is 79.9 Å². The molecular weight excluding hydrogens is 388 g/mol. The molecule has 3 saturated carbocycles. The summed E-state index contributed by atoms with van der Waals surface area (Å²) in [5, 5.41) is 3.06. The van der Waals surface area contributed by atoms with Gasteiger partial charge in [0, 0.05) is 30.6 Å². The van der Waals surface area contributed by atoms with Crippen LogP contribution in [0.15, 0.2) is 30.5 Å². The van der Waals surface area contributed by atoms with Crippen molar-refractivity contribution in [2.24, 2.45) is 34.5 Å². The minimum Gasteiger partial charge on any atom is -0.382 e. The maximum atomic E-state index is 13.3. The zero-order valence-corrected chi connectivity index (χ0v) is 18.8. The van der Waals surface area contributed by atoms with Gasteiger partial charge in [0.15, 0.2) is 0 Å². The van der Waals surface area contributed by atoms with E-state index in [-0.39, 0.29) is 28.6 Å². The van der Waals surface area contributed by atoms with E-state index < -0.39 is 0 Å². The summed E-state index contributed by atoms with van der Waals surface area (Å²) in [6, 6.07) is 3.92. The highest BCUT2D eigenvalue weighted by atomic mass is 16.2. The van der Waals surface area contributed by atoms with Crippen LogP contribution in [0.1, 0.15) is 52.4 Å². The van der Waals surface area contributed by atoms with Crippen molar-refractivity contribution in [3.05, 3.63) is 30.5 Å². The van der Waals surface area contributed by atoms with E-state index in [1.165, 1.54) is 0 Å². The number of nitrogens with one attached hydrogen (secondary N) is 1. The van der Waals surface area contributed by atoms with Gasteiger partial charge in [-0.2, -0.15) is 0 Å². The summed E-state index contributed by atoms with van der Waals surface area (Å²) in [6.07, 6.45) is 12.1. The SMILES string of the molecule is CN1C(=O)C=C[C@]2(C)C3CC[C@]4(C)[C@@H](C(=O)Nc5cccnc5N)CC[C@H]4C3CC[C@@H]12. The Morgan fingerprint density at radius 1 is 1.19 bits per heavy atom. The van der Waals surface area contributed by atoms with Gasteiger partial charge in [0.1, 0.15) is 5.82 Å². The second-order valence-corrected chi connectivity index (χ2v) is 10.7. The summed E-state index contributed by atoms with van der Waals surface area (Å²) in [7, 11) is 1.96. The van der Waals surface area contributed by atoms with Crippen LogP contribution in [0, 0.1) is 34.5 Å². The molecule has 6 nitrogen and oxygen atoms in total. The lowest BCUT2D eigenvalue weighted by atomic mass is 9.47. The molecule has 2 heterocycles. The largest absolute Gasteiger partial charge is 0.382 e. The van der Waals surface area contributed by atoms with Crippen LogP contribution in [-0.4, -0.2) is 34.8 Å². The molecule has 0 aromatic carbocycles. The maximum absolute atomic E-state index is 13.3. The first-order chi connectivity index (χ1) is 14.8. The number of amides is 2. The van der Waals surface area contributed by atoms with Crippen molar-refractivity contribution in [1.29, 1.82) is 0 Å². The van der Waals surface area contributed by atoms with E-state index in [1.807, 2.05) is 18.0 Å². The number of pyridine rings is 1. The van der Waals surface area contributed by atoms with Crippen LogP contribution in [0.2, 0.25) is 0 Å². The first-order valence-electron chi connectivity index (χ1n) is 11.7. The molecule has 166 valence electrons. The van der Waals surface area contributed by atoms with Crippen LogP contribution in [-0.2, 0) is 9.59 Å². The number of hydrogen-bond donors (Lipinski definition) is 2. The first kappa shape index (κ1) is 20.5. The molecule has 3 fully saturated rings. The van der Waals surface area contributed by atoms with E-state index in [4.69, 9.17) is 5.73 Å². The Bertz CT molecular complexity index is 945. The summed E-state index contributed by atoms with van der Waals surface area (Å²) in [5.41, 5.74) is 6.63. The molecule has 0 saturated heterocycles. The maximum Gasteiger partial charge on any atom is 0.246 e. The smallest absolute Gasteiger partial charge is 0.246 e. The standard InChI is InChI=1S/C25H34N4O2/c1-24-12-10-17-15(6-9-20-25(17,2)13-11-21(30)29(20)3)16(24)7-8-18(24)23(31)28-19-5-4-14-27-22(19)26/h4-5,11,13-18,20H,6-10,12H2,1-3H3,(H2,26,27)(H,28,31)/t15?,16-,17?,18+,20+,24-,25+/m0/s1. The van der Waals surface area contributed by atoms with Crippen molar-refractivity contribution in [2.75, 3.05) is 18.1 Å². The van der Waals surface area contributed by atoms with Gasteiger partial charge >= 0.3 is 0 Å². The fraction of sp³-hybridized carbons (Fsp3) is 0.640. The molecule has 31 heavy (non-hydrogen) atoms. The second kappa shape index (κ2) is 7.07. The average Bonchev–Trinajstić information content (AvgIpc) is 3.10. The van der Waals surface area contributed by atoms with Crippen LogP contribution >= 0.6 is 0 Å². The number of nitrogens with two attached hydrogens (primary N) is 1. The number of likely N-dealkylation sites (N-methyl/N-ethyl adjacent to an activating group) is 1. The molecule has 6 heteroatoms. The molecular formula is C25H34N4O2. The molecule has 1 aromatic rings. The number of aromatic nitrogens is 1. The molecule has 3 N–H and O–H groups in total. The number of nitrogens with zero attached hydrogens (tertiary/aromatic N) is 2. The third-order valence-corrected chi connectivity index (χ3v) is 9.54.